The smallest absolute Gasteiger partial charge is 0.160 e. The van der Waals surface area contributed by atoms with Crippen LogP contribution in [0.1, 0.15) is 47.2 Å². The molecular weight excluding hydrogens is 637 g/mol. The lowest BCUT2D eigenvalue weighted by Gasteiger charge is -2.51. The van der Waals surface area contributed by atoms with Gasteiger partial charge in [-0.1, -0.05) is 171 Å². The Balaban J connectivity index is 1.34. The summed E-state index contributed by atoms with van der Waals surface area (Å²) < 4.78 is 0. The molecule has 0 fully saturated rings. The van der Waals surface area contributed by atoms with Gasteiger partial charge >= 0.3 is 0 Å². The molecule has 242 valence electrons. The zero-order chi connectivity index (χ0) is 34.2. The highest BCUT2D eigenvalue weighted by Crippen LogP contribution is 2.63. The highest BCUT2D eigenvalue weighted by atomic mass is 32.2. The summed E-state index contributed by atoms with van der Waals surface area (Å²) in [5.74, 6) is 0.735. The van der Waals surface area contributed by atoms with Crippen LogP contribution in [0.5, 0.6) is 0 Å². The minimum absolute atomic E-state index is 0.264. The normalized spacial score (nSPS) is 14.7. The minimum atomic E-state index is -0.578. The summed E-state index contributed by atoms with van der Waals surface area (Å²) in [4.78, 5) is 13.5. The number of rotatable bonds is 3. The van der Waals surface area contributed by atoms with E-state index in [1.54, 1.807) is 0 Å². The van der Waals surface area contributed by atoms with Crippen molar-refractivity contribution in [1.29, 1.82) is 0 Å². The monoisotopic (exact) mass is 670 g/mol. The van der Waals surface area contributed by atoms with Crippen LogP contribution in [0.4, 0.5) is 0 Å². The van der Waals surface area contributed by atoms with Crippen molar-refractivity contribution in [3.8, 4) is 33.9 Å². The largest absolute Gasteiger partial charge is 0.228 e. The third-order valence-electron chi connectivity index (χ3n) is 11.0. The lowest BCUT2D eigenvalue weighted by atomic mass is 9.53. The van der Waals surface area contributed by atoms with Gasteiger partial charge in [-0.15, -0.1) is 0 Å². The van der Waals surface area contributed by atoms with Crippen molar-refractivity contribution in [3.63, 3.8) is 0 Å². The van der Waals surface area contributed by atoms with Gasteiger partial charge in [-0.2, -0.15) is 0 Å². The predicted octanol–water partition coefficient (Wildman–Crippen LogP) is 12.1. The van der Waals surface area contributed by atoms with Gasteiger partial charge in [-0.05, 0) is 68.4 Å². The summed E-state index contributed by atoms with van der Waals surface area (Å²) in [6, 6.07) is 61.7. The van der Waals surface area contributed by atoms with Gasteiger partial charge in [0.25, 0.3) is 0 Å². The molecule has 1 aliphatic heterocycles. The molecule has 0 saturated carbocycles. The Kier molecular flexibility index (Phi) is 6.71. The van der Waals surface area contributed by atoms with Crippen molar-refractivity contribution >= 4 is 22.5 Å². The molecule has 1 spiro atoms. The maximum Gasteiger partial charge on any atom is 0.160 e. The SMILES string of the molecule is CC1(C)c2ccccc2C2(c3ccccc3Sc3ccccc32)c2c(-c3nc(-c4ccccc4)cc(-c4ccc5ccccc5c4)n3)cccc21. The standard InChI is InChI=1S/C48H34N2S/c1-47(2)36-20-8-9-21-37(36)48(38-22-10-12-25-43(38)51-44-26-13-11-23-39(44)48)45-35(19-14-24-40(45)47)46-49-41(32-16-4-3-5-17-32)30-42(50-46)34-28-27-31-15-6-7-18-33(31)29-34/h3-30H,1-2H3. The van der Waals surface area contributed by atoms with Crippen LogP contribution in [0.2, 0.25) is 0 Å². The lowest BCUT2D eigenvalue weighted by Crippen LogP contribution is -2.43. The third-order valence-corrected chi connectivity index (χ3v) is 12.2. The van der Waals surface area contributed by atoms with E-state index in [9.17, 15) is 0 Å². The molecule has 3 heteroatoms. The average molecular weight is 671 g/mol. The fourth-order valence-corrected chi connectivity index (χ4v) is 9.87. The first kappa shape index (κ1) is 30.1. The molecule has 8 aromatic rings. The summed E-state index contributed by atoms with van der Waals surface area (Å²) in [7, 11) is 0. The number of benzene rings is 7. The van der Waals surface area contributed by atoms with Crippen LogP contribution >= 0.6 is 11.8 Å². The molecule has 0 N–H and O–H groups in total. The van der Waals surface area contributed by atoms with Crippen molar-refractivity contribution < 1.29 is 0 Å². The highest BCUT2D eigenvalue weighted by Gasteiger charge is 2.53. The molecule has 1 aromatic heterocycles. The van der Waals surface area contributed by atoms with Crippen LogP contribution in [-0.2, 0) is 10.8 Å². The maximum absolute atomic E-state index is 5.49. The van der Waals surface area contributed by atoms with E-state index in [0.717, 1.165) is 33.9 Å². The van der Waals surface area contributed by atoms with Crippen molar-refractivity contribution in [1.82, 2.24) is 9.97 Å². The second-order valence-corrected chi connectivity index (χ2v) is 15.2. The van der Waals surface area contributed by atoms with Crippen LogP contribution < -0.4 is 0 Å². The van der Waals surface area contributed by atoms with Gasteiger partial charge in [0.15, 0.2) is 5.82 Å². The first-order valence-corrected chi connectivity index (χ1v) is 18.4. The van der Waals surface area contributed by atoms with Crippen LogP contribution in [0.25, 0.3) is 44.7 Å². The van der Waals surface area contributed by atoms with Crippen molar-refractivity contribution in [2.75, 3.05) is 0 Å². The minimum Gasteiger partial charge on any atom is -0.228 e. The number of aromatic nitrogens is 2. The molecule has 0 bridgehead atoms. The zero-order valence-corrected chi connectivity index (χ0v) is 29.3. The first-order valence-electron chi connectivity index (χ1n) is 17.6. The molecule has 2 nitrogen and oxygen atoms in total. The molecule has 51 heavy (non-hydrogen) atoms. The van der Waals surface area contributed by atoms with Gasteiger partial charge in [0.05, 0.1) is 16.8 Å². The summed E-state index contributed by atoms with van der Waals surface area (Å²) in [5.41, 5.74) is 12.0. The van der Waals surface area contributed by atoms with Gasteiger partial charge in [0.2, 0.25) is 0 Å². The Morgan fingerprint density at radius 3 is 1.73 bits per heavy atom. The van der Waals surface area contributed by atoms with Crippen molar-refractivity contribution in [3.05, 3.63) is 203 Å². The van der Waals surface area contributed by atoms with Gasteiger partial charge in [-0.25, -0.2) is 9.97 Å². The number of hydrogen-bond donors (Lipinski definition) is 0. The highest BCUT2D eigenvalue weighted by molar-refractivity contribution is 7.99. The molecule has 0 saturated heterocycles. The Hall–Kier alpha value is -5.77. The molecule has 0 atom stereocenters. The Bertz CT molecular complexity index is 2610. The van der Waals surface area contributed by atoms with Crippen LogP contribution in [0.15, 0.2) is 180 Å². The predicted molar refractivity (Wildman–Crippen MR) is 210 cm³/mol. The van der Waals surface area contributed by atoms with E-state index in [2.05, 4.69) is 184 Å². The lowest BCUT2D eigenvalue weighted by molar-refractivity contribution is 0.550. The van der Waals surface area contributed by atoms with Crippen LogP contribution in [-0.4, -0.2) is 9.97 Å². The van der Waals surface area contributed by atoms with Crippen molar-refractivity contribution in [2.45, 2.75) is 34.5 Å². The molecule has 2 aliphatic rings. The van der Waals surface area contributed by atoms with E-state index in [1.807, 2.05) is 11.8 Å². The summed E-state index contributed by atoms with van der Waals surface area (Å²) in [5, 5.41) is 2.41. The van der Waals surface area contributed by atoms with E-state index in [1.165, 1.54) is 53.9 Å². The fourth-order valence-electron chi connectivity index (χ4n) is 8.67. The number of nitrogens with zero attached hydrogens (tertiary/aromatic N) is 2. The zero-order valence-electron chi connectivity index (χ0n) is 28.5. The molecule has 2 heterocycles. The van der Waals surface area contributed by atoms with Gasteiger partial charge in [0.1, 0.15) is 0 Å². The molecule has 0 unspecified atom stereocenters. The number of hydrogen-bond acceptors (Lipinski definition) is 3. The van der Waals surface area contributed by atoms with E-state index >= 15 is 0 Å². The van der Waals surface area contributed by atoms with E-state index in [-0.39, 0.29) is 5.41 Å². The quantitative estimate of drug-likeness (QED) is 0.187. The van der Waals surface area contributed by atoms with Gasteiger partial charge < -0.3 is 0 Å². The number of fused-ring (bicyclic) bond motifs is 9. The average Bonchev–Trinajstić information content (AvgIpc) is 3.19. The van der Waals surface area contributed by atoms with E-state index in [4.69, 9.17) is 9.97 Å². The van der Waals surface area contributed by atoms with Crippen molar-refractivity contribution in [2.24, 2.45) is 0 Å². The first-order chi connectivity index (χ1) is 25.0. The Morgan fingerprint density at radius 2 is 1.00 bits per heavy atom. The molecule has 0 amide bonds. The van der Waals surface area contributed by atoms with Crippen LogP contribution in [0.3, 0.4) is 0 Å². The molecule has 1 aliphatic carbocycles. The second kappa shape index (κ2) is 11.4. The van der Waals surface area contributed by atoms with E-state index in [0.29, 0.717) is 0 Å². The summed E-state index contributed by atoms with van der Waals surface area (Å²) in [6.07, 6.45) is 0. The molecular formula is C48H34N2S. The van der Waals surface area contributed by atoms with Gasteiger partial charge in [-0.3, -0.25) is 0 Å². The summed E-state index contributed by atoms with van der Waals surface area (Å²) >= 11 is 1.87. The summed E-state index contributed by atoms with van der Waals surface area (Å²) in [6.45, 7) is 4.75. The molecule has 10 rings (SSSR count). The molecule has 0 radical (unpaired) electrons. The second-order valence-electron chi connectivity index (χ2n) is 14.1. The Morgan fingerprint density at radius 1 is 0.431 bits per heavy atom. The third kappa shape index (κ3) is 4.44. The molecule has 7 aromatic carbocycles. The van der Waals surface area contributed by atoms with Gasteiger partial charge in [0, 0.05) is 31.9 Å². The Labute approximate surface area is 302 Å². The van der Waals surface area contributed by atoms with Crippen LogP contribution in [0, 0.1) is 0 Å². The van der Waals surface area contributed by atoms with E-state index < -0.39 is 5.41 Å². The maximum atomic E-state index is 5.49. The topological polar surface area (TPSA) is 25.8 Å². The fraction of sp³-hybridized carbons (Fsp3) is 0.0833.